The Morgan fingerprint density at radius 2 is 1.88 bits per heavy atom. The zero-order chi connectivity index (χ0) is 17.3. The van der Waals surface area contributed by atoms with Gasteiger partial charge in [0.25, 0.3) is 5.91 Å². The van der Waals surface area contributed by atoms with Gasteiger partial charge in [-0.25, -0.2) is 4.79 Å². The molecule has 1 fully saturated rings. The number of nitrogens with zero attached hydrogens (tertiary/aromatic N) is 2. The highest BCUT2D eigenvalue weighted by Crippen LogP contribution is 2.27. The van der Waals surface area contributed by atoms with Gasteiger partial charge in [-0.05, 0) is 26.0 Å². The van der Waals surface area contributed by atoms with Gasteiger partial charge in [-0.15, -0.1) is 0 Å². The Hall–Kier alpha value is -3.02. The highest BCUT2D eigenvalue weighted by Gasteiger charge is 2.50. The van der Waals surface area contributed by atoms with Crippen LogP contribution in [0.4, 0.5) is 4.79 Å². The van der Waals surface area contributed by atoms with Gasteiger partial charge < -0.3 is 5.32 Å². The molecule has 2 aromatic rings. The number of urea groups is 1. The van der Waals surface area contributed by atoms with E-state index in [0.717, 1.165) is 10.5 Å². The number of carbonyl (C=O) groups is 3. The Morgan fingerprint density at radius 1 is 1.17 bits per heavy atom. The summed E-state index contributed by atoms with van der Waals surface area (Å²) < 4.78 is 0. The van der Waals surface area contributed by atoms with Crippen LogP contribution < -0.4 is 5.32 Å². The Labute approximate surface area is 139 Å². The smallest absolute Gasteiger partial charge is 0.318 e. The topological polar surface area (TPSA) is 79.4 Å². The molecule has 1 aromatic carbocycles. The molecule has 3 rings (SSSR count). The lowest BCUT2D eigenvalue weighted by molar-refractivity contribution is -0.130. The standard InChI is InChI=1S/C18H17N3O3/c1-12-6-8-13(9-7-12)14(22)11-21-16(23)18(2,20-17(21)24)15-5-3-4-10-19-15/h3-10H,11H2,1-2H3,(H,20,24). The van der Waals surface area contributed by atoms with Crippen LogP contribution in [0, 0.1) is 6.92 Å². The molecule has 1 saturated heterocycles. The summed E-state index contributed by atoms with van der Waals surface area (Å²) in [6.07, 6.45) is 1.56. The van der Waals surface area contributed by atoms with E-state index >= 15 is 0 Å². The van der Waals surface area contributed by atoms with E-state index in [4.69, 9.17) is 0 Å². The van der Waals surface area contributed by atoms with Crippen molar-refractivity contribution in [3.63, 3.8) is 0 Å². The highest BCUT2D eigenvalue weighted by molar-refractivity contribution is 6.11. The van der Waals surface area contributed by atoms with Gasteiger partial charge in [0.1, 0.15) is 0 Å². The van der Waals surface area contributed by atoms with E-state index in [1.165, 1.54) is 0 Å². The van der Waals surface area contributed by atoms with Crippen molar-refractivity contribution in [1.29, 1.82) is 0 Å². The molecule has 1 atom stereocenters. The van der Waals surface area contributed by atoms with Crippen molar-refractivity contribution in [2.75, 3.05) is 6.54 Å². The molecule has 3 amide bonds. The van der Waals surface area contributed by atoms with Gasteiger partial charge in [0, 0.05) is 11.8 Å². The summed E-state index contributed by atoms with van der Waals surface area (Å²) in [5.74, 6) is -0.768. The SMILES string of the molecule is Cc1ccc(C(=O)CN2C(=O)NC(C)(c3ccccn3)C2=O)cc1. The first kappa shape index (κ1) is 15.9. The fraction of sp³-hybridized carbons (Fsp3) is 0.222. The number of imide groups is 1. The zero-order valence-corrected chi connectivity index (χ0v) is 13.4. The van der Waals surface area contributed by atoms with Crippen molar-refractivity contribution in [2.45, 2.75) is 19.4 Å². The number of pyridine rings is 1. The maximum atomic E-state index is 12.7. The van der Waals surface area contributed by atoms with Gasteiger partial charge in [-0.2, -0.15) is 0 Å². The number of Topliss-reactive ketones (excluding diaryl/α,β-unsaturated/α-hetero) is 1. The first-order valence-electron chi connectivity index (χ1n) is 7.57. The number of hydrogen-bond acceptors (Lipinski definition) is 4. The van der Waals surface area contributed by atoms with Crippen LogP contribution in [-0.2, 0) is 10.3 Å². The fourth-order valence-corrected chi connectivity index (χ4v) is 2.65. The molecule has 0 bridgehead atoms. The molecule has 1 aliphatic rings. The van der Waals surface area contributed by atoms with Crippen LogP contribution in [0.15, 0.2) is 48.7 Å². The third-order valence-electron chi connectivity index (χ3n) is 4.13. The van der Waals surface area contributed by atoms with E-state index in [2.05, 4.69) is 10.3 Å². The van der Waals surface area contributed by atoms with Crippen LogP contribution in [0.5, 0.6) is 0 Å². The van der Waals surface area contributed by atoms with Crippen molar-refractivity contribution < 1.29 is 14.4 Å². The van der Waals surface area contributed by atoms with E-state index < -0.39 is 17.5 Å². The predicted molar refractivity (Wildman–Crippen MR) is 87.3 cm³/mol. The van der Waals surface area contributed by atoms with E-state index in [-0.39, 0.29) is 12.3 Å². The molecule has 0 saturated carbocycles. The second kappa shape index (κ2) is 5.88. The van der Waals surface area contributed by atoms with Crippen LogP contribution in [0.2, 0.25) is 0 Å². The molecular formula is C18H17N3O3. The summed E-state index contributed by atoms with van der Waals surface area (Å²) >= 11 is 0. The minimum absolute atomic E-state index is 0.288. The van der Waals surface area contributed by atoms with Crippen molar-refractivity contribution >= 4 is 17.7 Å². The molecule has 1 aromatic heterocycles. The molecule has 6 nitrogen and oxygen atoms in total. The van der Waals surface area contributed by atoms with Gasteiger partial charge in [0.15, 0.2) is 11.3 Å². The summed E-state index contributed by atoms with van der Waals surface area (Å²) in [6, 6.07) is 11.6. The largest absolute Gasteiger partial charge is 0.325 e. The lowest BCUT2D eigenvalue weighted by Gasteiger charge is -2.20. The molecule has 0 radical (unpaired) electrons. The third-order valence-corrected chi connectivity index (χ3v) is 4.13. The van der Waals surface area contributed by atoms with Crippen molar-refractivity contribution in [3.05, 3.63) is 65.5 Å². The molecule has 6 heteroatoms. The average molecular weight is 323 g/mol. The normalized spacial score (nSPS) is 20.2. The number of aromatic nitrogens is 1. The fourth-order valence-electron chi connectivity index (χ4n) is 2.65. The zero-order valence-electron chi connectivity index (χ0n) is 13.4. The summed E-state index contributed by atoms with van der Waals surface area (Å²) in [4.78, 5) is 42.4. The number of aryl methyl sites for hydroxylation is 1. The Morgan fingerprint density at radius 3 is 2.50 bits per heavy atom. The molecule has 2 heterocycles. The monoisotopic (exact) mass is 323 g/mol. The summed E-state index contributed by atoms with van der Waals surface area (Å²) in [5, 5.41) is 2.64. The van der Waals surface area contributed by atoms with E-state index in [1.54, 1.807) is 43.5 Å². The summed E-state index contributed by atoms with van der Waals surface area (Å²) in [6.45, 7) is 3.21. The van der Waals surface area contributed by atoms with Crippen molar-refractivity contribution in [1.82, 2.24) is 15.2 Å². The second-order valence-corrected chi connectivity index (χ2v) is 5.95. The Bertz CT molecular complexity index is 802. The number of ketones is 1. The van der Waals surface area contributed by atoms with Gasteiger partial charge >= 0.3 is 6.03 Å². The van der Waals surface area contributed by atoms with Crippen LogP contribution in [0.25, 0.3) is 0 Å². The Balaban J connectivity index is 1.82. The molecule has 0 spiro atoms. The van der Waals surface area contributed by atoms with Crippen LogP contribution in [-0.4, -0.2) is 34.2 Å². The first-order chi connectivity index (χ1) is 11.4. The number of rotatable bonds is 4. The van der Waals surface area contributed by atoms with Crippen molar-refractivity contribution in [2.24, 2.45) is 0 Å². The average Bonchev–Trinajstić information content (AvgIpc) is 2.80. The van der Waals surface area contributed by atoms with Gasteiger partial charge in [-0.1, -0.05) is 35.9 Å². The quantitative estimate of drug-likeness (QED) is 0.690. The van der Waals surface area contributed by atoms with Crippen LogP contribution in [0.1, 0.15) is 28.5 Å². The summed E-state index contributed by atoms with van der Waals surface area (Å²) in [7, 11) is 0. The second-order valence-electron chi connectivity index (χ2n) is 5.95. The van der Waals surface area contributed by atoms with Gasteiger partial charge in [0.05, 0.1) is 12.2 Å². The maximum Gasteiger partial charge on any atom is 0.325 e. The van der Waals surface area contributed by atoms with E-state index in [0.29, 0.717) is 11.3 Å². The number of hydrogen-bond donors (Lipinski definition) is 1. The summed E-state index contributed by atoms with van der Waals surface area (Å²) in [5.41, 5.74) is 0.678. The minimum atomic E-state index is -1.26. The lowest BCUT2D eigenvalue weighted by Crippen LogP contribution is -2.42. The van der Waals surface area contributed by atoms with E-state index in [1.807, 2.05) is 19.1 Å². The first-order valence-corrected chi connectivity index (χ1v) is 7.57. The van der Waals surface area contributed by atoms with Crippen LogP contribution >= 0.6 is 0 Å². The maximum absolute atomic E-state index is 12.7. The molecule has 1 N–H and O–H groups in total. The molecular weight excluding hydrogens is 306 g/mol. The van der Waals surface area contributed by atoms with Crippen LogP contribution in [0.3, 0.4) is 0 Å². The van der Waals surface area contributed by atoms with E-state index in [9.17, 15) is 14.4 Å². The number of nitrogens with one attached hydrogen (secondary N) is 1. The molecule has 1 aliphatic heterocycles. The molecule has 122 valence electrons. The molecule has 0 aliphatic carbocycles. The van der Waals surface area contributed by atoms with Crippen molar-refractivity contribution in [3.8, 4) is 0 Å². The van der Waals surface area contributed by atoms with Gasteiger partial charge in [-0.3, -0.25) is 19.5 Å². The Kier molecular flexibility index (Phi) is 3.89. The predicted octanol–water partition coefficient (Wildman–Crippen LogP) is 2.04. The number of amides is 3. The minimum Gasteiger partial charge on any atom is -0.318 e. The highest BCUT2D eigenvalue weighted by atomic mass is 16.2. The molecule has 1 unspecified atom stereocenters. The number of benzene rings is 1. The third kappa shape index (κ3) is 2.67. The van der Waals surface area contributed by atoms with Gasteiger partial charge in [0.2, 0.25) is 0 Å². The lowest BCUT2D eigenvalue weighted by atomic mass is 9.97. The number of carbonyl (C=O) groups excluding carboxylic acids is 3. The molecule has 24 heavy (non-hydrogen) atoms.